The summed E-state index contributed by atoms with van der Waals surface area (Å²) in [4.78, 5) is 34.7. The molecule has 2 N–H and O–H groups in total. The largest absolute Gasteiger partial charge is 0.481 e. The zero-order valence-electron chi connectivity index (χ0n) is 12.0. The Balaban J connectivity index is 2.56. The first kappa shape index (κ1) is 16.4. The van der Waals surface area contributed by atoms with Crippen LogP contribution in [0, 0.1) is 11.6 Å². The Labute approximate surface area is 137 Å². The van der Waals surface area contributed by atoms with Gasteiger partial charge >= 0.3 is 11.9 Å². The van der Waals surface area contributed by atoms with E-state index in [1.54, 1.807) is 0 Å². The first-order valence-corrected chi connectivity index (χ1v) is 7.31. The molecule has 9 heteroatoms. The molecule has 0 unspecified atom stereocenters. The number of carboxylic acid groups (broad SMARTS) is 2. The summed E-state index contributed by atoms with van der Waals surface area (Å²) in [5.74, 6) is -5.60. The lowest BCUT2D eigenvalue weighted by Gasteiger charge is -2.16. The Hall–Kier alpha value is -2.48. The number of benzene rings is 1. The van der Waals surface area contributed by atoms with Crippen molar-refractivity contribution in [1.82, 2.24) is 4.57 Å². The first-order valence-electron chi connectivity index (χ1n) is 6.93. The minimum Gasteiger partial charge on any atom is -0.481 e. The van der Waals surface area contributed by atoms with E-state index >= 15 is 0 Å². The number of aliphatic carboxylic acids is 1. The zero-order valence-corrected chi connectivity index (χ0v) is 12.7. The molecule has 0 bridgehead atoms. The Morgan fingerprint density at radius 1 is 1.25 bits per heavy atom. The van der Waals surface area contributed by atoms with Gasteiger partial charge in [-0.05, 0) is 12.8 Å². The molecule has 1 heterocycles. The molecule has 0 aliphatic heterocycles. The van der Waals surface area contributed by atoms with Gasteiger partial charge in [0.25, 0.3) is 0 Å². The molecule has 0 radical (unpaired) electrons. The molecule has 24 heavy (non-hydrogen) atoms. The first-order chi connectivity index (χ1) is 11.2. The van der Waals surface area contributed by atoms with Gasteiger partial charge in [-0.25, -0.2) is 13.6 Å². The van der Waals surface area contributed by atoms with Gasteiger partial charge in [0.2, 0.25) is 5.43 Å². The van der Waals surface area contributed by atoms with Crippen LogP contribution in [0.5, 0.6) is 0 Å². The van der Waals surface area contributed by atoms with Crippen LogP contribution in [0.15, 0.2) is 11.0 Å². The fourth-order valence-electron chi connectivity index (χ4n) is 2.69. The third kappa shape index (κ3) is 2.43. The second-order valence-corrected chi connectivity index (χ2v) is 5.91. The Morgan fingerprint density at radius 3 is 2.38 bits per heavy atom. The monoisotopic (exact) mass is 357 g/mol. The number of nitrogens with zero attached hydrogens (tertiary/aromatic N) is 1. The Bertz CT molecular complexity index is 965. The highest BCUT2D eigenvalue weighted by Gasteiger charge is 2.32. The molecule has 3 rings (SSSR count). The number of fused-ring (bicyclic) bond motifs is 1. The molecule has 1 aliphatic rings. The number of rotatable bonds is 4. The lowest BCUT2D eigenvalue weighted by atomic mass is 10.0. The second-order valence-electron chi connectivity index (χ2n) is 5.53. The number of pyridine rings is 1. The quantitative estimate of drug-likeness (QED) is 0.820. The Kier molecular flexibility index (Phi) is 3.79. The van der Waals surface area contributed by atoms with Crippen molar-refractivity contribution in [3.05, 3.63) is 44.2 Å². The van der Waals surface area contributed by atoms with Gasteiger partial charge in [-0.3, -0.25) is 9.59 Å². The molecule has 0 spiro atoms. The summed E-state index contributed by atoms with van der Waals surface area (Å²) in [6.45, 7) is 0. The molecule has 0 amide bonds. The summed E-state index contributed by atoms with van der Waals surface area (Å²) in [5.41, 5.74) is -2.80. The molecule has 1 fully saturated rings. The molecule has 126 valence electrons. The fourth-order valence-corrected chi connectivity index (χ4v) is 2.89. The summed E-state index contributed by atoms with van der Waals surface area (Å²) >= 11 is 5.62. The van der Waals surface area contributed by atoms with Gasteiger partial charge in [0, 0.05) is 17.8 Å². The van der Waals surface area contributed by atoms with Crippen molar-refractivity contribution in [2.24, 2.45) is 0 Å². The lowest BCUT2D eigenvalue weighted by Crippen LogP contribution is -2.22. The van der Waals surface area contributed by atoms with Crippen molar-refractivity contribution in [2.45, 2.75) is 25.3 Å². The maximum atomic E-state index is 14.5. The van der Waals surface area contributed by atoms with Crippen LogP contribution < -0.4 is 5.43 Å². The van der Waals surface area contributed by atoms with Gasteiger partial charge in [-0.2, -0.15) is 0 Å². The number of halogens is 3. The molecular formula is C15H10ClF2NO5. The highest BCUT2D eigenvalue weighted by atomic mass is 35.5. The molecule has 1 saturated carbocycles. The Morgan fingerprint density at radius 2 is 1.88 bits per heavy atom. The molecule has 6 nitrogen and oxygen atoms in total. The predicted octanol–water partition coefficient (Wildman–Crippen LogP) is 2.59. The standard InChI is InChI=1S/C15H10ClF2NO5/c16-10-11(17)6(3-8(20)21)9-13(12(10)18)19(5-1-2-5)4-7(14(9)22)15(23)24/h4-5H,1-3H2,(H,20,21)(H,23,24). The molecule has 1 aromatic carbocycles. The van der Waals surface area contributed by atoms with Crippen LogP contribution >= 0.6 is 11.6 Å². The zero-order chi connectivity index (χ0) is 17.8. The van der Waals surface area contributed by atoms with Gasteiger partial charge in [-0.15, -0.1) is 0 Å². The molecule has 0 saturated heterocycles. The number of carbonyl (C=O) groups is 2. The van der Waals surface area contributed by atoms with Crippen molar-refractivity contribution in [3.63, 3.8) is 0 Å². The van der Waals surface area contributed by atoms with Crippen molar-refractivity contribution < 1.29 is 28.6 Å². The van der Waals surface area contributed by atoms with Crippen LogP contribution in [-0.2, 0) is 11.2 Å². The maximum absolute atomic E-state index is 14.5. The van der Waals surface area contributed by atoms with Gasteiger partial charge in [-0.1, -0.05) is 11.6 Å². The average molecular weight is 358 g/mol. The minimum absolute atomic E-state index is 0.250. The number of hydrogen-bond acceptors (Lipinski definition) is 3. The summed E-state index contributed by atoms with van der Waals surface area (Å²) in [7, 11) is 0. The summed E-state index contributed by atoms with van der Waals surface area (Å²) < 4.78 is 30.0. The van der Waals surface area contributed by atoms with Gasteiger partial charge in [0.1, 0.15) is 16.4 Å². The van der Waals surface area contributed by atoms with Crippen molar-refractivity contribution >= 4 is 34.4 Å². The van der Waals surface area contributed by atoms with E-state index in [-0.39, 0.29) is 11.6 Å². The van der Waals surface area contributed by atoms with Crippen LogP contribution in [-0.4, -0.2) is 26.7 Å². The number of aromatic carboxylic acids is 1. The van der Waals surface area contributed by atoms with Gasteiger partial charge < -0.3 is 14.8 Å². The van der Waals surface area contributed by atoms with E-state index in [0.717, 1.165) is 6.20 Å². The van der Waals surface area contributed by atoms with Crippen LogP contribution in [0.2, 0.25) is 5.02 Å². The second kappa shape index (κ2) is 5.55. The van der Waals surface area contributed by atoms with Crippen molar-refractivity contribution in [1.29, 1.82) is 0 Å². The highest BCUT2D eigenvalue weighted by molar-refractivity contribution is 6.31. The van der Waals surface area contributed by atoms with E-state index in [4.69, 9.17) is 16.7 Å². The van der Waals surface area contributed by atoms with Gasteiger partial charge in [0.15, 0.2) is 5.82 Å². The van der Waals surface area contributed by atoms with Crippen molar-refractivity contribution in [2.75, 3.05) is 0 Å². The number of hydrogen-bond donors (Lipinski definition) is 2. The number of aromatic nitrogens is 1. The smallest absolute Gasteiger partial charge is 0.341 e. The van der Waals surface area contributed by atoms with Crippen molar-refractivity contribution in [3.8, 4) is 0 Å². The fraction of sp³-hybridized carbons (Fsp3) is 0.267. The summed E-state index contributed by atoms with van der Waals surface area (Å²) in [6, 6.07) is -0.250. The minimum atomic E-state index is -1.56. The van der Waals surface area contributed by atoms with E-state index in [9.17, 15) is 28.3 Å². The van der Waals surface area contributed by atoms with E-state index in [2.05, 4.69) is 0 Å². The summed E-state index contributed by atoms with van der Waals surface area (Å²) in [5, 5.41) is 16.6. The SMILES string of the molecule is O=C(O)Cc1c(F)c(Cl)c(F)c2c1c(=O)c(C(=O)O)cn2C1CC1. The average Bonchev–Trinajstić information content (AvgIpc) is 3.33. The predicted molar refractivity (Wildman–Crippen MR) is 79.7 cm³/mol. The van der Waals surface area contributed by atoms with Crippen LogP contribution in [0.4, 0.5) is 8.78 Å². The van der Waals surface area contributed by atoms with Gasteiger partial charge in [0.05, 0.1) is 17.3 Å². The van der Waals surface area contributed by atoms with E-state index in [0.29, 0.717) is 12.8 Å². The third-order valence-electron chi connectivity index (χ3n) is 3.89. The maximum Gasteiger partial charge on any atom is 0.341 e. The molecular weight excluding hydrogens is 348 g/mol. The molecule has 1 aromatic heterocycles. The molecule has 2 aromatic rings. The normalized spacial score (nSPS) is 14.1. The van der Waals surface area contributed by atoms with Crippen LogP contribution in [0.25, 0.3) is 10.9 Å². The highest BCUT2D eigenvalue weighted by Crippen LogP contribution is 2.40. The number of carboxylic acids is 2. The molecule has 0 atom stereocenters. The van der Waals surface area contributed by atoms with Crippen LogP contribution in [0.3, 0.4) is 0 Å². The van der Waals surface area contributed by atoms with E-state index in [1.165, 1.54) is 4.57 Å². The van der Waals surface area contributed by atoms with E-state index in [1.807, 2.05) is 0 Å². The molecule has 1 aliphatic carbocycles. The van der Waals surface area contributed by atoms with E-state index < -0.39 is 57.0 Å². The third-order valence-corrected chi connectivity index (χ3v) is 4.23. The van der Waals surface area contributed by atoms with Crippen LogP contribution in [0.1, 0.15) is 34.8 Å². The topological polar surface area (TPSA) is 96.6 Å². The summed E-state index contributed by atoms with van der Waals surface area (Å²) in [6.07, 6.45) is 1.32. The lowest BCUT2D eigenvalue weighted by molar-refractivity contribution is -0.136.